The number of rotatable bonds is 9. The topological polar surface area (TPSA) is 82.1 Å². The number of carbonyl (C=O) groups is 2. The van der Waals surface area contributed by atoms with Crippen LogP contribution in [0.3, 0.4) is 0 Å². The lowest BCUT2D eigenvalue weighted by atomic mass is 10.2. The summed E-state index contributed by atoms with van der Waals surface area (Å²) in [6.45, 7) is 5.34. The van der Waals surface area contributed by atoms with Crippen molar-refractivity contribution in [2.24, 2.45) is 0 Å². The summed E-state index contributed by atoms with van der Waals surface area (Å²) in [6, 6.07) is -1.28. The van der Waals surface area contributed by atoms with Crippen molar-refractivity contribution in [2.45, 2.75) is 32.4 Å². The number of nitrogens with zero attached hydrogens (tertiary/aromatic N) is 2. The Morgan fingerprint density at radius 2 is 1.95 bits per heavy atom. The summed E-state index contributed by atoms with van der Waals surface area (Å²) >= 11 is 0. The summed E-state index contributed by atoms with van der Waals surface area (Å²) in [6.07, 6.45) is 0.247. The molecule has 0 fully saturated rings. The van der Waals surface area contributed by atoms with Crippen LogP contribution in [0.1, 0.15) is 20.3 Å². The molecule has 20 heavy (non-hydrogen) atoms. The van der Waals surface area contributed by atoms with Crippen LogP contribution in [0, 0.1) is 0 Å². The fourth-order valence-corrected chi connectivity index (χ4v) is 2.01. The van der Waals surface area contributed by atoms with Crippen LogP contribution in [0.2, 0.25) is 0 Å². The van der Waals surface area contributed by atoms with E-state index in [1.807, 2.05) is 32.8 Å². The average molecular weight is 289 g/mol. The zero-order chi connectivity index (χ0) is 15.7. The number of amides is 2. The van der Waals surface area contributed by atoms with Crippen LogP contribution in [0.25, 0.3) is 0 Å². The van der Waals surface area contributed by atoms with Crippen molar-refractivity contribution in [3.63, 3.8) is 0 Å². The second kappa shape index (κ2) is 9.55. The average Bonchev–Trinajstić information content (AvgIpc) is 2.33. The van der Waals surface area contributed by atoms with Gasteiger partial charge < -0.3 is 25.0 Å². The van der Waals surface area contributed by atoms with Crippen molar-refractivity contribution >= 4 is 12.0 Å². The number of methoxy groups -OCH3 is 1. The molecular weight excluding hydrogens is 262 g/mol. The van der Waals surface area contributed by atoms with Crippen molar-refractivity contribution in [3.05, 3.63) is 0 Å². The maximum atomic E-state index is 12.2. The Kier molecular flexibility index (Phi) is 8.91. The molecular formula is C13H27N3O4. The van der Waals surface area contributed by atoms with Crippen LogP contribution in [-0.2, 0) is 9.53 Å². The molecule has 0 aliphatic rings. The predicted octanol–water partition coefficient (Wildman–Crippen LogP) is 0.458. The SMILES string of the molecule is CCN(C(=O)NC(CCOC)C(=O)O)C(C)CN(C)C. The Bertz CT molecular complexity index is 310. The second-order valence-electron chi connectivity index (χ2n) is 5.02. The zero-order valence-electron chi connectivity index (χ0n) is 13.0. The van der Waals surface area contributed by atoms with Gasteiger partial charge in [-0.2, -0.15) is 0 Å². The van der Waals surface area contributed by atoms with Gasteiger partial charge in [0.1, 0.15) is 6.04 Å². The van der Waals surface area contributed by atoms with E-state index in [9.17, 15) is 9.59 Å². The molecule has 0 aliphatic heterocycles. The maximum Gasteiger partial charge on any atom is 0.326 e. The number of aliphatic carboxylic acids is 1. The summed E-state index contributed by atoms with van der Waals surface area (Å²) in [5.74, 6) is -1.05. The molecule has 0 bridgehead atoms. The van der Waals surface area contributed by atoms with Crippen LogP contribution in [-0.4, -0.2) is 79.9 Å². The Morgan fingerprint density at radius 3 is 2.35 bits per heavy atom. The van der Waals surface area contributed by atoms with Gasteiger partial charge in [0, 0.05) is 39.3 Å². The van der Waals surface area contributed by atoms with E-state index in [1.165, 1.54) is 7.11 Å². The molecule has 2 unspecified atom stereocenters. The molecule has 7 heteroatoms. The van der Waals surface area contributed by atoms with Crippen molar-refractivity contribution < 1.29 is 19.4 Å². The molecule has 118 valence electrons. The summed E-state index contributed by atoms with van der Waals surface area (Å²) in [5, 5.41) is 11.6. The van der Waals surface area contributed by atoms with Gasteiger partial charge in [0.05, 0.1) is 0 Å². The maximum absolute atomic E-state index is 12.2. The van der Waals surface area contributed by atoms with E-state index >= 15 is 0 Å². The number of carbonyl (C=O) groups excluding carboxylic acids is 1. The van der Waals surface area contributed by atoms with Crippen molar-refractivity contribution in [3.8, 4) is 0 Å². The molecule has 7 nitrogen and oxygen atoms in total. The molecule has 0 rings (SSSR count). The van der Waals surface area contributed by atoms with Gasteiger partial charge in [-0.1, -0.05) is 0 Å². The van der Waals surface area contributed by atoms with Gasteiger partial charge in [-0.05, 0) is 27.9 Å². The van der Waals surface area contributed by atoms with Crippen LogP contribution in [0.4, 0.5) is 4.79 Å². The standard InChI is InChI=1S/C13H27N3O4/c1-6-16(10(2)9-15(3)4)13(19)14-11(12(17)18)7-8-20-5/h10-11H,6-9H2,1-5H3,(H,14,19)(H,17,18). The smallest absolute Gasteiger partial charge is 0.326 e. The third kappa shape index (κ3) is 6.72. The third-order valence-electron chi connectivity index (χ3n) is 2.97. The van der Waals surface area contributed by atoms with Gasteiger partial charge in [-0.3, -0.25) is 0 Å². The largest absolute Gasteiger partial charge is 0.480 e. The van der Waals surface area contributed by atoms with Crippen molar-refractivity contribution in [1.29, 1.82) is 0 Å². The molecule has 0 spiro atoms. The minimum absolute atomic E-state index is 0.00636. The molecule has 0 saturated carbocycles. The quantitative estimate of drug-likeness (QED) is 0.644. The minimum Gasteiger partial charge on any atom is -0.480 e. The van der Waals surface area contributed by atoms with E-state index in [-0.39, 0.29) is 25.1 Å². The van der Waals surface area contributed by atoms with Crippen molar-refractivity contribution in [1.82, 2.24) is 15.1 Å². The van der Waals surface area contributed by atoms with E-state index in [2.05, 4.69) is 5.32 Å². The van der Waals surface area contributed by atoms with Gasteiger partial charge in [-0.15, -0.1) is 0 Å². The first kappa shape index (κ1) is 18.7. The predicted molar refractivity (Wildman–Crippen MR) is 76.8 cm³/mol. The Hall–Kier alpha value is -1.34. The Balaban J connectivity index is 4.61. The molecule has 2 amide bonds. The van der Waals surface area contributed by atoms with Gasteiger partial charge in [0.25, 0.3) is 0 Å². The van der Waals surface area contributed by atoms with E-state index in [0.29, 0.717) is 6.54 Å². The van der Waals surface area contributed by atoms with E-state index < -0.39 is 12.0 Å². The first-order valence-corrected chi connectivity index (χ1v) is 6.77. The monoisotopic (exact) mass is 289 g/mol. The highest BCUT2D eigenvalue weighted by molar-refractivity contribution is 5.82. The Labute approximate surface area is 120 Å². The lowest BCUT2D eigenvalue weighted by Gasteiger charge is -2.31. The normalized spacial score (nSPS) is 13.9. The van der Waals surface area contributed by atoms with Crippen LogP contribution in [0.15, 0.2) is 0 Å². The first-order valence-electron chi connectivity index (χ1n) is 6.77. The van der Waals surface area contributed by atoms with Crippen LogP contribution < -0.4 is 5.32 Å². The fourth-order valence-electron chi connectivity index (χ4n) is 2.01. The number of nitrogens with one attached hydrogen (secondary N) is 1. The highest BCUT2D eigenvalue weighted by Crippen LogP contribution is 2.03. The first-order chi connectivity index (χ1) is 9.33. The van der Waals surface area contributed by atoms with Gasteiger partial charge in [0.2, 0.25) is 0 Å². The summed E-state index contributed by atoms with van der Waals surface area (Å²) in [4.78, 5) is 26.9. The number of carboxylic acid groups (broad SMARTS) is 1. The third-order valence-corrected chi connectivity index (χ3v) is 2.97. The Morgan fingerprint density at radius 1 is 1.35 bits per heavy atom. The number of urea groups is 1. The molecule has 2 atom stereocenters. The highest BCUT2D eigenvalue weighted by atomic mass is 16.5. The van der Waals surface area contributed by atoms with Gasteiger partial charge in [-0.25, -0.2) is 9.59 Å². The number of hydrogen-bond donors (Lipinski definition) is 2. The fraction of sp³-hybridized carbons (Fsp3) is 0.846. The summed E-state index contributed by atoms with van der Waals surface area (Å²) < 4.78 is 4.86. The lowest BCUT2D eigenvalue weighted by molar-refractivity contribution is -0.139. The highest BCUT2D eigenvalue weighted by Gasteiger charge is 2.25. The number of carboxylic acids is 1. The molecule has 0 saturated heterocycles. The van der Waals surface area contributed by atoms with Gasteiger partial charge in [0.15, 0.2) is 0 Å². The van der Waals surface area contributed by atoms with Crippen molar-refractivity contribution in [2.75, 3.05) is 40.9 Å². The van der Waals surface area contributed by atoms with E-state index in [0.717, 1.165) is 6.54 Å². The number of likely N-dealkylation sites (N-methyl/N-ethyl adjacent to an activating group) is 2. The van der Waals surface area contributed by atoms with E-state index in [1.54, 1.807) is 4.90 Å². The number of hydrogen-bond acceptors (Lipinski definition) is 4. The molecule has 0 aliphatic carbocycles. The van der Waals surface area contributed by atoms with Crippen LogP contribution in [0.5, 0.6) is 0 Å². The zero-order valence-corrected chi connectivity index (χ0v) is 13.0. The molecule has 0 aromatic heterocycles. The molecule has 0 aromatic rings. The van der Waals surface area contributed by atoms with Gasteiger partial charge >= 0.3 is 12.0 Å². The van der Waals surface area contributed by atoms with Crippen LogP contribution >= 0.6 is 0 Å². The number of ether oxygens (including phenoxy) is 1. The van der Waals surface area contributed by atoms with E-state index in [4.69, 9.17) is 9.84 Å². The summed E-state index contributed by atoms with van der Waals surface area (Å²) in [7, 11) is 5.36. The second-order valence-corrected chi connectivity index (χ2v) is 5.02. The molecule has 0 radical (unpaired) electrons. The molecule has 0 aromatic carbocycles. The minimum atomic E-state index is -1.05. The summed E-state index contributed by atoms with van der Waals surface area (Å²) in [5.41, 5.74) is 0. The molecule has 2 N–H and O–H groups in total. The molecule has 0 heterocycles. The lowest BCUT2D eigenvalue weighted by Crippen LogP contribution is -2.52.